The second kappa shape index (κ2) is 5.69. The van der Waals surface area contributed by atoms with Crippen LogP contribution in [-0.4, -0.2) is 29.5 Å². The maximum atomic E-state index is 10.4. The first-order valence-electron chi connectivity index (χ1n) is 4.57. The van der Waals surface area contributed by atoms with Crippen LogP contribution >= 0.6 is 0 Å². The maximum absolute atomic E-state index is 10.4. The van der Waals surface area contributed by atoms with E-state index < -0.39 is 5.97 Å². The van der Waals surface area contributed by atoms with Crippen molar-refractivity contribution in [3.05, 3.63) is 0 Å². The average molecular weight is 177 g/mol. The Morgan fingerprint density at radius 2 is 2.23 bits per heavy atom. The average Bonchev–Trinajstić information content (AvgIpc) is 2.33. The fraction of sp³-hybridized carbons (Fsp3) is 0.889. The van der Waals surface area contributed by atoms with Crippen molar-refractivity contribution in [2.75, 3.05) is 6.54 Å². The maximum Gasteiger partial charge on any atom is 1.00 e. The van der Waals surface area contributed by atoms with Crippen LogP contribution in [0.4, 0.5) is 0 Å². The van der Waals surface area contributed by atoms with Crippen LogP contribution < -0.4 is 24.0 Å². The van der Waals surface area contributed by atoms with E-state index >= 15 is 0 Å². The second-order valence-corrected chi connectivity index (χ2v) is 3.70. The number of carboxylic acids is 1. The van der Waals surface area contributed by atoms with Gasteiger partial charge >= 0.3 is 18.9 Å². The number of carboxylic acid groups (broad SMARTS) is 1. The minimum absolute atomic E-state index is 0. The molecule has 1 heterocycles. The third kappa shape index (κ3) is 3.72. The number of hydrogen-bond acceptors (Lipinski definition) is 3. The topological polar surface area (TPSA) is 43.4 Å². The van der Waals surface area contributed by atoms with Gasteiger partial charge in [0.25, 0.3) is 0 Å². The molecule has 0 spiro atoms. The van der Waals surface area contributed by atoms with Crippen molar-refractivity contribution in [2.45, 2.75) is 45.2 Å². The van der Waals surface area contributed by atoms with Crippen LogP contribution in [0.2, 0.25) is 0 Å². The Labute approximate surface area is 91.7 Å². The van der Waals surface area contributed by atoms with E-state index in [0.717, 1.165) is 19.4 Å². The Hall–Kier alpha value is 0.0274. The molecule has 1 aliphatic heterocycles. The van der Waals surface area contributed by atoms with E-state index in [9.17, 15) is 9.90 Å². The molecule has 1 aliphatic rings. The van der Waals surface area contributed by atoms with E-state index in [2.05, 4.69) is 18.7 Å². The van der Waals surface area contributed by atoms with Crippen LogP contribution in [-0.2, 0) is 4.79 Å². The SMILES string of the molecule is CC(C)N1CCC[C@H]1CC(=O)[O-].[Li+]. The van der Waals surface area contributed by atoms with Gasteiger partial charge in [-0.2, -0.15) is 0 Å². The van der Waals surface area contributed by atoms with E-state index in [4.69, 9.17) is 0 Å². The van der Waals surface area contributed by atoms with Crippen LogP contribution in [0.25, 0.3) is 0 Å². The molecule has 0 N–H and O–H groups in total. The molecule has 0 radical (unpaired) electrons. The Morgan fingerprint density at radius 3 is 2.69 bits per heavy atom. The van der Waals surface area contributed by atoms with E-state index in [-0.39, 0.29) is 31.3 Å². The normalized spacial score (nSPS) is 23.2. The molecule has 0 aliphatic carbocycles. The molecular weight excluding hydrogens is 161 g/mol. The zero-order chi connectivity index (χ0) is 9.14. The third-order valence-corrected chi connectivity index (χ3v) is 2.49. The molecule has 0 bridgehead atoms. The molecule has 0 aromatic carbocycles. The predicted molar refractivity (Wildman–Crippen MR) is 44.5 cm³/mol. The van der Waals surface area contributed by atoms with Crippen LogP contribution in [0.15, 0.2) is 0 Å². The molecule has 0 unspecified atom stereocenters. The number of carbonyl (C=O) groups is 1. The summed E-state index contributed by atoms with van der Waals surface area (Å²) in [5, 5.41) is 10.4. The van der Waals surface area contributed by atoms with Gasteiger partial charge in [-0.3, -0.25) is 4.90 Å². The molecule has 1 fully saturated rings. The first kappa shape index (κ1) is 13.0. The van der Waals surface area contributed by atoms with E-state index in [1.807, 2.05) is 0 Å². The van der Waals surface area contributed by atoms with E-state index in [1.54, 1.807) is 0 Å². The van der Waals surface area contributed by atoms with Crippen molar-refractivity contribution in [3.63, 3.8) is 0 Å². The van der Waals surface area contributed by atoms with E-state index in [0.29, 0.717) is 6.04 Å². The van der Waals surface area contributed by atoms with Gasteiger partial charge in [-0.15, -0.1) is 0 Å². The fourth-order valence-corrected chi connectivity index (χ4v) is 1.95. The van der Waals surface area contributed by atoms with Crippen molar-refractivity contribution >= 4 is 5.97 Å². The predicted octanol–water partition coefficient (Wildman–Crippen LogP) is -3.00. The van der Waals surface area contributed by atoms with Crippen molar-refractivity contribution in [1.82, 2.24) is 4.90 Å². The molecule has 13 heavy (non-hydrogen) atoms. The molecule has 4 heteroatoms. The number of hydrogen-bond donors (Lipinski definition) is 0. The summed E-state index contributed by atoms with van der Waals surface area (Å²) in [6, 6.07) is 0.673. The fourth-order valence-electron chi connectivity index (χ4n) is 1.95. The van der Waals surface area contributed by atoms with Gasteiger partial charge < -0.3 is 9.90 Å². The summed E-state index contributed by atoms with van der Waals surface area (Å²) in [5.74, 6) is -0.924. The van der Waals surface area contributed by atoms with Crippen LogP contribution in [0.1, 0.15) is 33.1 Å². The van der Waals surface area contributed by atoms with Crippen molar-refractivity contribution < 1.29 is 28.8 Å². The van der Waals surface area contributed by atoms with Crippen LogP contribution in [0, 0.1) is 0 Å². The molecular formula is C9H16LiNO2. The third-order valence-electron chi connectivity index (χ3n) is 2.49. The minimum atomic E-state index is -0.924. The molecule has 0 aromatic rings. The van der Waals surface area contributed by atoms with Gasteiger partial charge in [-0.05, 0) is 33.2 Å². The molecule has 0 aromatic heterocycles. The van der Waals surface area contributed by atoms with Crippen LogP contribution in [0.5, 0.6) is 0 Å². The molecule has 0 saturated carbocycles. The number of likely N-dealkylation sites (tertiary alicyclic amines) is 1. The summed E-state index contributed by atoms with van der Waals surface area (Å²) in [4.78, 5) is 12.6. The van der Waals surface area contributed by atoms with Gasteiger partial charge in [0.1, 0.15) is 0 Å². The zero-order valence-electron chi connectivity index (χ0n) is 8.75. The first-order valence-corrected chi connectivity index (χ1v) is 4.57. The van der Waals surface area contributed by atoms with Gasteiger partial charge in [0.15, 0.2) is 0 Å². The largest absolute Gasteiger partial charge is 1.00 e. The number of aliphatic carboxylic acids is 1. The number of nitrogens with zero attached hydrogens (tertiary/aromatic N) is 1. The van der Waals surface area contributed by atoms with Crippen molar-refractivity contribution in [1.29, 1.82) is 0 Å². The number of carbonyl (C=O) groups excluding carboxylic acids is 1. The van der Waals surface area contributed by atoms with Gasteiger partial charge in [0.2, 0.25) is 0 Å². The first-order chi connectivity index (χ1) is 5.61. The Morgan fingerprint density at radius 1 is 1.62 bits per heavy atom. The molecule has 1 rings (SSSR count). The quantitative estimate of drug-likeness (QED) is 0.432. The molecule has 1 atom stereocenters. The molecule has 1 saturated heterocycles. The van der Waals surface area contributed by atoms with Crippen molar-refractivity contribution in [2.24, 2.45) is 0 Å². The van der Waals surface area contributed by atoms with E-state index in [1.165, 1.54) is 0 Å². The minimum Gasteiger partial charge on any atom is -0.550 e. The monoisotopic (exact) mass is 177 g/mol. The summed E-state index contributed by atoms with van der Waals surface area (Å²) < 4.78 is 0. The summed E-state index contributed by atoms with van der Waals surface area (Å²) in [5.41, 5.74) is 0. The summed E-state index contributed by atoms with van der Waals surface area (Å²) in [6.07, 6.45) is 2.32. The van der Waals surface area contributed by atoms with Gasteiger partial charge in [-0.1, -0.05) is 0 Å². The molecule has 3 nitrogen and oxygen atoms in total. The summed E-state index contributed by atoms with van der Waals surface area (Å²) in [6.45, 7) is 5.25. The van der Waals surface area contributed by atoms with Crippen molar-refractivity contribution in [3.8, 4) is 0 Å². The Balaban J connectivity index is 0.00000144. The van der Waals surface area contributed by atoms with Gasteiger partial charge in [0.05, 0.1) is 0 Å². The standard InChI is InChI=1S/C9H17NO2.Li/c1-7(2)10-5-3-4-8(10)6-9(11)12;/h7-8H,3-6H2,1-2H3,(H,11,12);/q;+1/p-1/t8-;/m0./s1. The Bertz CT molecular complexity index is 173. The van der Waals surface area contributed by atoms with Gasteiger partial charge in [0, 0.05) is 24.5 Å². The summed E-state index contributed by atoms with van der Waals surface area (Å²) >= 11 is 0. The summed E-state index contributed by atoms with van der Waals surface area (Å²) in [7, 11) is 0. The van der Waals surface area contributed by atoms with Gasteiger partial charge in [-0.25, -0.2) is 0 Å². The second-order valence-electron chi connectivity index (χ2n) is 3.70. The Kier molecular flexibility index (Phi) is 5.71. The molecule has 0 amide bonds. The number of rotatable bonds is 3. The smallest absolute Gasteiger partial charge is 0.550 e. The molecule has 70 valence electrons. The zero-order valence-corrected chi connectivity index (χ0v) is 8.75. The van der Waals surface area contributed by atoms with Crippen LogP contribution in [0.3, 0.4) is 0 Å².